The van der Waals surface area contributed by atoms with Crippen LogP contribution in [0.15, 0.2) is 11.6 Å². The second kappa shape index (κ2) is 4.75. The summed E-state index contributed by atoms with van der Waals surface area (Å²) in [6.07, 6.45) is 6.99. The Kier molecular flexibility index (Phi) is 3.37. The maximum atomic E-state index is 5.77. The van der Waals surface area contributed by atoms with Crippen molar-refractivity contribution >= 4 is 16.5 Å². The van der Waals surface area contributed by atoms with Gasteiger partial charge in [-0.2, -0.15) is 0 Å². The molecular formula is C10H17N3S. The number of anilines is 1. The highest BCUT2D eigenvalue weighted by atomic mass is 32.1. The van der Waals surface area contributed by atoms with Gasteiger partial charge in [-0.25, -0.2) is 4.98 Å². The van der Waals surface area contributed by atoms with Crippen molar-refractivity contribution in [1.82, 2.24) is 4.98 Å². The van der Waals surface area contributed by atoms with Crippen LogP contribution < -0.4 is 11.1 Å². The van der Waals surface area contributed by atoms with Crippen LogP contribution in [-0.4, -0.2) is 17.6 Å². The standard InChI is InChI=1S/C10H17N3S/c11-7-8-3-1-2-4-9(8)13-10-12-5-6-14-10/h5-6,8-9H,1-4,7,11H2,(H,12,13). The third-order valence-corrected chi connectivity index (χ3v) is 3.66. The third-order valence-electron chi connectivity index (χ3n) is 2.95. The summed E-state index contributed by atoms with van der Waals surface area (Å²) in [6, 6.07) is 0.542. The molecule has 0 aromatic carbocycles. The van der Waals surface area contributed by atoms with E-state index in [4.69, 9.17) is 5.73 Å². The lowest BCUT2D eigenvalue weighted by molar-refractivity contribution is 0.332. The van der Waals surface area contributed by atoms with Gasteiger partial charge in [0.25, 0.3) is 0 Å². The summed E-state index contributed by atoms with van der Waals surface area (Å²) < 4.78 is 0. The highest BCUT2D eigenvalue weighted by Crippen LogP contribution is 2.27. The van der Waals surface area contributed by atoms with Crippen molar-refractivity contribution in [3.63, 3.8) is 0 Å². The minimum atomic E-state index is 0.542. The average molecular weight is 211 g/mol. The maximum Gasteiger partial charge on any atom is 0.182 e. The largest absolute Gasteiger partial charge is 0.358 e. The van der Waals surface area contributed by atoms with Gasteiger partial charge in [-0.05, 0) is 25.3 Å². The molecule has 2 rings (SSSR count). The molecule has 0 aliphatic heterocycles. The summed E-state index contributed by atoms with van der Waals surface area (Å²) in [5, 5.41) is 6.53. The smallest absolute Gasteiger partial charge is 0.182 e. The van der Waals surface area contributed by atoms with E-state index in [9.17, 15) is 0 Å². The van der Waals surface area contributed by atoms with E-state index in [1.807, 2.05) is 11.6 Å². The lowest BCUT2D eigenvalue weighted by atomic mass is 9.85. The van der Waals surface area contributed by atoms with Crippen molar-refractivity contribution in [2.75, 3.05) is 11.9 Å². The molecule has 0 spiro atoms. The number of hydrogen-bond donors (Lipinski definition) is 2. The van der Waals surface area contributed by atoms with Crippen LogP contribution in [0.1, 0.15) is 25.7 Å². The van der Waals surface area contributed by atoms with Crippen molar-refractivity contribution in [2.45, 2.75) is 31.7 Å². The normalized spacial score (nSPS) is 27.5. The first kappa shape index (κ1) is 9.93. The number of rotatable bonds is 3. The molecule has 0 radical (unpaired) electrons. The molecule has 1 heterocycles. The van der Waals surface area contributed by atoms with E-state index >= 15 is 0 Å². The zero-order valence-corrected chi connectivity index (χ0v) is 9.09. The monoisotopic (exact) mass is 211 g/mol. The second-order valence-corrected chi connectivity index (χ2v) is 4.76. The van der Waals surface area contributed by atoms with Crippen LogP contribution in [0, 0.1) is 5.92 Å². The molecule has 1 aromatic heterocycles. The van der Waals surface area contributed by atoms with Gasteiger partial charge < -0.3 is 11.1 Å². The van der Waals surface area contributed by atoms with E-state index in [1.54, 1.807) is 11.3 Å². The first-order valence-electron chi connectivity index (χ1n) is 5.26. The number of nitrogens with two attached hydrogens (primary N) is 1. The van der Waals surface area contributed by atoms with Crippen LogP contribution in [-0.2, 0) is 0 Å². The molecule has 0 saturated heterocycles. The molecule has 78 valence electrons. The fraction of sp³-hybridized carbons (Fsp3) is 0.700. The van der Waals surface area contributed by atoms with E-state index < -0.39 is 0 Å². The minimum absolute atomic E-state index is 0.542. The third kappa shape index (κ3) is 2.25. The quantitative estimate of drug-likeness (QED) is 0.804. The van der Waals surface area contributed by atoms with E-state index in [0.29, 0.717) is 12.0 Å². The summed E-state index contributed by atoms with van der Waals surface area (Å²) in [4.78, 5) is 4.25. The molecule has 1 saturated carbocycles. The molecule has 0 amide bonds. The van der Waals surface area contributed by atoms with Gasteiger partial charge >= 0.3 is 0 Å². The van der Waals surface area contributed by atoms with E-state index in [1.165, 1.54) is 25.7 Å². The van der Waals surface area contributed by atoms with Gasteiger partial charge in [-0.3, -0.25) is 0 Å². The lowest BCUT2D eigenvalue weighted by Crippen LogP contribution is -2.36. The van der Waals surface area contributed by atoms with Crippen LogP contribution in [0.4, 0.5) is 5.13 Å². The highest BCUT2D eigenvalue weighted by Gasteiger charge is 2.23. The van der Waals surface area contributed by atoms with Gasteiger partial charge in [0.2, 0.25) is 0 Å². The molecule has 1 aliphatic carbocycles. The van der Waals surface area contributed by atoms with Crippen LogP contribution >= 0.6 is 11.3 Å². The maximum absolute atomic E-state index is 5.77. The average Bonchev–Trinajstić information content (AvgIpc) is 2.71. The molecule has 3 nitrogen and oxygen atoms in total. The number of hydrogen-bond acceptors (Lipinski definition) is 4. The summed E-state index contributed by atoms with van der Waals surface area (Å²) in [7, 11) is 0. The van der Waals surface area contributed by atoms with Crippen molar-refractivity contribution in [3.8, 4) is 0 Å². The summed E-state index contributed by atoms with van der Waals surface area (Å²) >= 11 is 1.67. The zero-order chi connectivity index (χ0) is 9.80. The van der Waals surface area contributed by atoms with Crippen LogP contribution in [0.3, 0.4) is 0 Å². The first-order valence-corrected chi connectivity index (χ1v) is 6.14. The molecule has 4 heteroatoms. The van der Waals surface area contributed by atoms with Crippen LogP contribution in [0.25, 0.3) is 0 Å². The summed E-state index contributed by atoms with van der Waals surface area (Å²) in [5.41, 5.74) is 5.77. The topological polar surface area (TPSA) is 50.9 Å². The molecule has 2 atom stereocenters. The Hall–Kier alpha value is -0.610. The van der Waals surface area contributed by atoms with Gasteiger partial charge in [-0.15, -0.1) is 11.3 Å². The Morgan fingerprint density at radius 2 is 2.36 bits per heavy atom. The van der Waals surface area contributed by atoms with Crippen molar-refractivity contribution < 1.29 is 0 Å². The van der Waals surface area contributed by atoms with E-state index in [2.05, 4.69) is 10.3 Å². The molecule has 1 aromatic rings. The Morgan fingerprint density at radius 3 is 3.07 bits per heavy atom. The molecule has 14 heavy (non-hydrogen) atoms. The van der Waals surface area contributed by atoms with Crippen molar-refractivity contribution in [2.24, 2.45) is 11.7 Å². The SMILES string of the molecule is NCC1CCCCC1Nc1nccs1. The Morgan fingerprint density at radius 1 is 1.50 bits per heavy atom. The number of nitrogens with one attached hydrogen (secondary N) is 1. The lowest BCUT2D eigenvalue weighted by Gasteiger charge is -2.31. The van der Waals surface area contributed by atoms with Gasteiger partial charge in [0.05, 0.1) is 0 Å². The number of aromatic nitrogens is 1. The van der Waals surface area contributed by atoms with Gasteiger partial charge in [0, 0.05) is 17.6 Å². The number of thiazole rings is 1. The zero-order valence-electron chi connectivity index (χ0n) is 8.28. The predicted molar refractivity (Wildman–Crippen MR) is 60.5 cm³/mol. The predicted octanol–water partition coefficient (Wildman–Crippen LogP) is 2.07. The molecular weight excluding hydrogens is 194 g/mol. The molecule has 0 bridgehead atoms. The molecule has 1 fully saturated rings. The van der Waals surface area contributed by atoms with Gasteiger partial charge in [-0.1, -0.05) is 12.8 Å². The molecule has 1 aliphatic rings. The Bertz CT molecular complexity index is 260. The molecule has 2 unspecified atom stereocenters. The number of nitrogens with zero attached hydrogens (tertiary/aromatic N) is 1. The van der Waals surface area contributed by atoms with Gasteiger partial charge in [0.15, 0.2) is 5.13 Å². The molecule has 3 N–H and O–H groups in total. The minimum Gasteiger partial charge on any atom is -0.358 e. The summed E-state index contributed by atoms with van der Waals surface area (Å²) in [5.74, 6) is 0.632. The van der Waals surface area contributed by atoms with Gasteiger partial charge in [0.1, 0.15) is 0 Å². The Balaban J connectivity index is 1.94. The van der Waals surface area contributed by atoms with E-state index in [0.717, 1.165) is 11.7 Å². The second-order valence-electron chi connectivity index (χ2n) is 3.87. The fourth-order valence-corrected chi connectivity index (χ4v) is 2.72. The van der Waals surface area contributed by atoms with Crippen molar-refractivity contribution in [3.05, 3.63) is 11.6 Å². The summed E-state index contributed by atoms with van der Waals surface area (Å²) in [6.45, 7) is 0.795. The van der Waals surface area contributed by atoms with Crippen molar-refractivity contribution in [1.29, 1.82) is 0 Å². The van der Waals surface area contributed by atoms with Crippen LogP contribution in [0.5, 0.6) is 0 Å². The van der Waals surface area contributed by atoms with E-state index in [-0.39, 0.29) is 0 Å². The Labute approximate surface area is 88.7 Å². The van der Waals surface area contributed by atoms with Crippen LogP contribution in [0.2, 0.25) is 0 Å². The highest BCUT2D eigenvalue weighted by molar-refractivity contribution is 7.13. The first-order chi connectivity index (χ1) is 6.90. The fourth-order valence-electron chi connectivity index (χ4n) is 2.13.